The lowest BCUT2D eigenvalue weighted by Gasteiger charge is -2.60. The lowest BCUT2D eigenvalue weighted by molar-refractivity contribution is -0.167. The Labute approximate surface area is 154 Å². The van der Waals surface area contributed by atoms with Crippen LogP contribution in [0.1, 0.15) is 86.5 Å². The van der Waals surface area contributed by atoms with E-state index in [4.69, 9.17) is 4.74 Å². The van der Waals surface area contributed by atoms with Gasteiger partial charge in [-0.1, -0.05) is 41.0 Å². The number of aliphatic hydroxyl groups is 1. The fraction of sp³-hybridized carbons (Fsp3) is 0.955. The van der Waals surface area contributed by atoms with Crippen molar-refractivity contribution in [3.05, 3.63) is 0 Å². The minimum absolute atomic E-state index is 0.00371. The zero-order chi connectivity index (χ0) is 18.8. The van der Waals surface area contributed by atoms with Crippen LogP contribution in [0.25, 0.3) is 0 Å². The van der Waals surface area contributed by atoms with Crippen LogP contribution >= 0.6 is 0 Å². The van der Waals surface area contributed by atoms with Gasteiger partial charge in [0.15, 0.2) is 0 Å². The quantitative estimate of drug-likeness (QED) is 0.668. The average Bonchev–Trinajstić information content (AvgIpc) is 2.49. The lowest BCUT2D eigenvalue weighted by Crippen LogP contribution is -2.54. The number of carbonyl (C=O) groups excluding carboxylic acids is 1. The van der Waals surface area contributed by atoms with E-state index >= 15 is 0 Å². The van der Waals surface area contributed by atoms with Gasteiger partial charge in [0.05, 0.1) is 0 Å². The number of ether oxygens (including phenoxy) is 1. The van der Waals surface area contributed by atoms with Gasteiger partial charge in [-0.25, -0.2) is 0 Å². The second-order valence-electron chi connectivity index (χ2n) is 9.93. The number of carbonyl (C=O) groups is 1. The second-order valence-corrected chi connectivity index (χ2v) is 9.93. The van der Waals surface area contributed by atoms with E-state index < -0.39 is 0 Å². The fourth-order valence-corrected chi connectivity index (χ4v) is 6.54. The van der Waals surface area contributed by atoms with E-state index in [1.165, 1.54) is 32.6 Å². The zero-order valence-electron chi connectivity index (χ0n) is 17.3. The summed E-state index contributed by atoms with van der Waals surface area (Å²) in [5.41, 5.74) is 0.692. The molecule has 0 heterocycles. The van der Waals surface area contributed by atoms with Crippen LogP contribution in [0.15, 0.2) is 0 Å². The highest BCUT2D eigenvalue weighted by Crippen LogP contribution is 2.62. The molecule has 1 N–H and O–H groups in total. The molecule has 0 aromatic carbocycles. The van der Waals surface area contributed by atoms with Gasteiger partial charge < -0.3 is 9.84 Å². The zero-order valence-corrected chi connectivity index (χ0v) is 17.3. The SMILES string of the molecule is CC(=O)O[C@H](C(C)C)[C@@H]1CC[C@H]2C(C)(C)CCC[C@]2(C)[C@H]1CCCO. The molecule has 0 aromatic heterocycles. The van der Waals surface area contributed by atoms with Crippen molar-refractivity contribution in [1.82, 2.24) is 0 Å². The van der Waals surface area contributed by atoms with Crippen molar-refractivity contribution >= 4 is 5.97 Å². The van der Waals surface area contributed by atoms with Gasteiger partial charge in [-0.3, -0.25) is 4.79 Å². The van der Waals surface area contributed by atoms with Crippen LogP contribution in [0, 0.1) is 34.5 Å². The Balaban J connectivity index is 2.35. The maximum Gasteiger partial charge on any atom is 0.302 e. The molecule has 146 valence electrons. The maximum atomic E-state index is 11.7. The summed E-state index contributed by atoms with van der Waals surface area (Å²) in [7, 11) is 0. The van der Waals surface area contributed by atoms with E-state index in [-0.39, 0.29) is 18.7 Å². The van der Waals surface area contributed by atoms with Crippen molar-refractivity contribution in [2.24, 2.45) is 34.5 Å². The third-order valence-electron chi connectivity index (χ3n) is 7.48. The van der Waals surface area contributed by atoms with Gasteiger partial charge in [0, 0.05) is 13.5 Å². The van der Waals surface area contributed by atoms with E-state index in [2.05, 4.69) is 34.6 Å². The largest absolute Gasteiger partial charge is 0.462 e. The maximum absolute atomic E-state index is 11.7. The van der Waals surface area contributed by atoms with Crippen LogP contribution in [-0.4, -0.2) is 23.8 Å². The molecule has 3 heteroatoms. The fourth-order valence-electron chi connectivity index (χ4n) is 6.54. The first-order chi connectivity index (χ1) is 11.6. The third kappa shape index (κ3) is 4.23. The predicted octanol–water partition coefficient (Wildman–Crippen LogP) is 5.21. The molecule has 2 aliphatic carbocycles. The van der Waals surface area contributed by atoms with E-state index in [0.29, 0.717) is 28.6 Å². The highest BCUT2D eigenvalue weighted by Gasteiger charge is 2.56. The molecule has 2 aliphatic rings. The first-order valence-corrected chi connectivity index (χ1v) is 10.4. The average molecular weight is 353 g/mol. The van der Waals surface area contributed by atoms with Gasteiger partial charge >= 0.3 is 5.97 Å². The summed E-state index contributed by atoms with van der Waals surface area (Å²) < 4.78 is 5.84. The number of hydrogen-bond acceptors (Lipinski definition) is 3. The van der Waals surface area contributed by atoms with Crippen molar-refractivity contribution in [2.45, 2.75) is 92.6 Å². The molecule has 0 bridgehead atoms. The Bertz CT molecular complexity index is 456. The third-order valence-corrected chi connectivity index (χ3v) is 7.48. The van der Waals surface area contributed by atoms with Gasteiger partial charge in [-0.15, -0.1) is 0 Å². The summed E-state index contributed by atoms with van der Waals surface area (Å²) in [5.74, 6) is 1.87. The molecular weight excluding hydrogens is 312 g/mol. The first-order valence-electron chi connectivity index (χ1n) is 10.4. The van der Waals surface area contributed by atoms with Crippen LogP contribution in [-0.2, 0) is 9.53 Å². The van der Waals surface area contributed by atoms with Crippen LogP contribution in [0.4, 0.5) is 0 Å². The minimum atomic E-state index is -0.157. The lowest BCUT2D eigenvalue weighted by atomic mass is 9.45. The highest BCUT2D eigenvalue weighted by molar-refractivity contribution is 5.66. The number of rotatable bonds is 6. The molecule has 3 nitrogen and oxygen atoms in total. The predicted molar refractivity (Wildman–Crippen MR) is 102 cm³/mol. The number of aliphatic hydroxyl groups excluding tert-OH is 1. The molecule has 0 aliphatic heterocycles. The number of fused-ring (bicyclic) bond motifs is 1. The number of hydrogen-bond donors (Lipinski definition) is 1. The minimum Gasteiger partial charge on any atom is -0.462 e. The second kappa shape index (κ2) is 7.98. The topological polar surface area (TPSA) is 46.5 Å². The Morgan fingerprint density at radius 1 is 1.20 bits per heavy atom. The Kier molecular flexibility index (Phi) is 6.62. The molecule has 0 saturated heterocycles. The molecule has 0 spiro atoms. The smallest absolute Gasteiger partial charge is 0.302 e. The van der Waals surface area contributed by atoms with Crippen molar-refractivity contribution in [2.75, 3.05) is 6.61 Å². The normalized spacial score (nSPS) is 35.9. The van der Waals surface area contributed by atoms with E-state index in [1.807, 2.05) is 0 Å². The van der Waals surface area contributed by atoms with Crippen LogP contribution in [0.3, 0.4) is 0 Å². The van der Waals surface area contributed by atoms with Crippen LogP contribution in [0.5, 0.6) is 0 Å². The van der Waals surface area contributed by atoms with Crippen molar-refractivity contribution in [3.8, 4) is 0 Å². The molecule has 2 fully saturated rings. The number of esters is 1. The molecule has 2 rings (SSSR count). The van der Waals surface area contributed by atoms with Gasteiger partial charge in [-0.05, 0) is 73.0 Å². The monoisotopic (exact) mass is 352 g/mol. The molecule has 0 aromatic rings. The Morgan fingerprint density at radius 3 is 2.44 bits per heavy atom. The summed E-state index contributed by atoms with van der Waals surface area (Å²) >= 11 is 0. The van der Waals surface area contributed by atoms with Gasteiger partial charge in [0.25, 0.3) is 0 Å². The Hall–Kier alpha value is -0.570. The Morgan fingerprint density at radius 2 is 1.88 bits per heavy atom. The van der Waals surface area contributed by atoms with Crippen molar-refractivity contribution in [1.29, 1.82) is 0 Å². The summed E-state index contributed by atoms with van der Waals surface area (Å²) in [6.45, 7) is 13.5. The van der Waals surface area contributed by atoms with Crippen LogP contribution in [0.2, 0.25) is 0 Å². The standard InChI is InChI=1S/C22H40O3/c1-15(2)20(25-16(3)24)17-10-11-19-21(4,5)12-8-13-22(19,6)18(17)9-7-14-23/h15,17-20,23H,7-14H2,1-6H3/t17-,18+,19+,20-,22-/m1/s1. The molecular formula is C22H40O3. The summed E-state index contributed by atoms with van der Waals surface area (Å²) in [6.07, 6.45) is 8.19. The molecule has 5 atom stereocenters. The van der Waals surface area contributed by atoms with Gasteiger partial charge in [-0.2, -0.15) is 0 Å². The van der Waals surface area contributed by atoms with E-state index in [9.17, 15) is 9.90 Å². The van der Waals surface area contributed by atoms with Gasteiger partial charge in [0.2, 0.25) is 0 Å². The molecule has 2 saturated carbocycles. The molecule has 0 amide bonds. The summed E-state index contributed by atoms with van der Waals surface area (Å²) in [5, 5.41) is 9.47. The highest BCUT2D eigenvalue weighted by atomic mass is 16.5. The van der Waals surface area contributed by atoms with Crippen molar-refractivity contribution < 1.29 is 14.6 Å². The summed E-state index contributed by atoms with van der Waals surface area (Å²) in [6, 6.07) is 0. The van der Waals surface area contributed by atoms with Crippen molar-refractivity contribution in [3.63, 3.8) is 0 Å². The molecule has 0 radical (unpaired) electrons. The van der Waals surface area contributed by atoms with Gasteiger partial charge in [0.1, 0.15) is 6.10 Å². The molecule has 25 heavy (non-hydrogen) atoms. The van der Waals surface area contributed by atoms with Crippen LogP contribution < -0.4 is 0 Å². The van der Waals surface area contributed by atoms with E-state index in [0.717, 1.165) is 25.2 Å². The van der Waals surface area contributed by atoms with E-state index in [1.54, 1.807) is 0 Å². The molecule has 0 unspecified atom stereocenters. The first kappa shape index (κ1) is 20.7. The summed E-state index contributed by atoms with van der Waals surface area (Å²) in [4.78, 5) is 11.7.